The van der Waals surface area contributed by atoms with Gasteiger partial charge in [-0.15, -0.1) is 0 Å². The molecule has 0 aliphatic carbocycles. The summed E-state index contributed by atoms with van der Waals surface area (Å²) in [5.41, 5.74) is 0.680. The molecule has 0 saturated heterocycles. The third-order valence-corrected chi connectivity index (χ3v) is 5.14. The Morgan fingerprint density at radius 2 is 1.96 bits per heavy atom. The van der Waals surface area contributed by atoms with Crippen molar-refractivity contribution in [3.8, 4) is 5.75 Å². The van der Waals surface area contributed by atoms with Gasteiger partial charge in [0.2, 0.25) is 15.9 Å². The Morgan fingerprint density at radius 1 is 1.29 bits per heavy atom. The number of nitrogens with one attached hydrogen (secondary N) is 1. The molecule has 0 bridgehead atoms. The summed E-state index contributed by atoms with van der Waals surface area (Å²) in [5.74, 6) is -0.494. The van der Waals surface area contributed by atoms with E-state index in [1.165, 1.54) is 31.4 Å². The summed E-state index contributed by atoms with van der Waals surface area (Å²) in [4.78, 5) is 22.8. The Labute approximate surface area is 167 Å². The van der Waals surface area contributed by atoms with Crippen molar-refractivity contribution in [2.24, 2.45) is 0 Å². The van der Waals surface area contributed by atoms with Crippen LogP contribution in [0.4, 0.5) is 17.1 Å². The minimum absolute atomic E-state index is 0.0583. The highest BCUT2D eigenvalue weighted by atomic mass is 35.5. The van der Waals surface area contributed by atoms with E-state index < -0.39 is 27.4 Å². The van der Waals surface area contributed by atoms with Crippen molar-refractivity contribution in [3.05, 3.63) is 57.1 Å². The quantitative estimate of drug-likeness (QED) is 0.536. The maximum atomic E-state index is 12.5. The number of carbonyl (C=O) groups is 1. The van der Waals surface area contributed by atoms with Crippen molar-refractivity contribution in [1.29, 1.82) is 0 Å². The number of benzene rings is 2. The highest BCUT2D eigenvalue weighted by molar-refractivity contribution is 7.92. The Balaban J connectivity index is 2.33. The number of nitro benzene ring substituents is 1. The fourth-order valence-corrected chi connectivity index (χ4v) is 3.65. The molecule has 0 spiro atoms. The Hall–Kier alpha value is -2.85. The van der Waals surface area contributed by atoms with Gasteiger partial charge in [-0.1, -0.05) is 11.6 Å². The second kappa shape index (κ2) is 8.44. The predicted octanol–water partition coefficient (Wildman–Crippen LogP) is 2.97. The number of anilines is 2. The zero-order valence-electron chi connectivity index (χ0n) is 15.3. The van der Waals surface area contributed by atoms with Gasteiger partial charge in [0.15, 0.2) is 0 Å². The maximum Gasteiger partial charge on any atom is 0.271 e. The number of nitro groups is 1. The van der Waals surface area contributed by atoms with Gasteiger partial charge < -0.3 is 10.1 Å². The number of aryl methyl sites for hydroxylation is 1. The van der Waals surface area contributed by atoms with Crippen LogP contribution < -0.4 is 14.4 Å². The normalized spacial score (nSPS) is 11.0. The van der Waals surface area contributed by atoms with Gasteiger partial charge in [-0.05, 0) is 36.8 Å². The molecule has 2 rings (SSSR count). The molecule has 0 aliphatic heterocycles. The van der Waals surface area contributed by atoms with Gasteiger partial charge in [-0.3, -0.25) is 19.2 Å². The van der Waals surface area contributed by atoms with E-state index in [2.05, 4.69) is 5.32 Å². The van der Waals surface area contributed by atoms with Crippen LogP contribution in [0.25, 0.3) is 0 Å². The first-order valence-electron chi connectivity index (χ1n) is 7.89. The SMILES string of the molecule is COc1ccc([N+](=O)[O-])cc1NC(=O)CN(c1ccc(Cl)cc1C)S(C)(=O)=O. The van der Waals surface area contributed by atoms with Crippen molar-refractivity contribution >= 4 is 44.6 Å². The largest absolute Gasteiger partial charge is 0.495 e. The van der Waals surface area contributed by atoms with E-state index in [4.69, 9.17) is 16.3 Å². The van der Waals surface area contributed by atoms with Gasteiger partial charge >= 0.3 is 0 Å². The van der Waals surface area contributed by atoms with Crippen LogP contribution in [0.1, 0.15) is 5.56 Å². The van der Waals surface area contributed by atoms with E-state index >= 15 is 0 Å². The second-order valence-corrected chi connectivity index (χ2v) is 8.23. The molecule has 0 atom stereocenters. The van der Waals surface area contributed by atoms with Gasteiger partial charge in [0.1, 0.15) is 12.3 Å². The lowest BCUT2D eigenvalue weighted by Gasteiger charge is -2.24. The van der Waals surface area contributed by atoms with Crippen LogP contribution in [0.3, 0.4) is 0 Å². The molecule has 2 aromatic rings. The molecule has 28 heavy (non-hydrogen) atoms. The second-order valence-electron chi connectivity index (χ2n) is 5.89. The number of sulfonamides is 1. The fraction of sp³-hybridized carbons (Fsp3) is 0.235. The Bertz CT molecular complexity index is 1030. The van der Waals surface area contributed by atoms with Gasteiger partial charge in [-0.2, -0.15) is 0 Å². The van der Waals surface area contributed by atoms with Crippen molar-refractivity contribution in [1.82, 2.24) is 0 Å². The lowest BCUT2D eigenvalue weighted by Crippen LogP contribution is -2.37. The number of rotatable bonds is 7. The summed E-state index contributed by atoms with van der Waals surface area (Å²) >= 11 is 5.91. The van der Waals surface area contributed by atoms with Crippen LogP contribution in [-0.2, 0) is 14.8 Å². The molecule has 0 unspecified atom stereocenters. The van der Waals surface area contributed by atoms with Crippen molar-refractivity contribution in [2.45, 2.75) is 6.92 Å². The number of nitrogens with zero attached hydrogens (tertiary/aromatic N) is 2. The van der Waals surface area contributed by atoms with E-state index in [1.54, 1.807) is 13.0 Å². The van der Waals surface area contributed by atoms with E-state index in [-0.39, 0.29) is 17.1 Å². The molecule has 0 radical (unpaired) electrons. The maximum absolute atomic E-state index is 12.5. The Morgan fingerprint density at radius 3 is 2.50 bits per heavy atom. The first-order chi connectivity index (χ1) is 13.0. The molecule has 9 nitrogen and oxygen atoms in total. The lowest BCUT2D eigenvalue weighted by atomic mass is 10.2. The zero-order valence-corrected chi connectivity index (χ0v) is 16.9. The third kappa shape index (κ3) is 5.11. The van der Waals surface area contributed by atoms with Crippen LogP contribution in [0.2, 0.25) is 5.02 Å². The first-order valence-corrected chi connectivity index (χ1v) is 10.1. The number of hydrogen-bond acceptors (Lipinski definition) is 6. The summed E-state index contributed by atoms with van der Waals surface area (Å²) in [5, 5.41) is 13.8. The minimum atomic E-state index is -3.79. The molecule has 2 aromatic carbocycles. The van der Waals surface area contributed by atoms with Gasteiger partial charge in [0.25, 0.3) is 5.69 Å². The highest BCUT2D eigenvalue weighted by Gasteiger charge is 2.23. The van der Waals surface area contributed by atoms with E-state index in [0.717, 1.165) is 16.6 Å². The molecule has 11 heteroatoms. The molecule has 0 aromatic heterocycles. The highest BCUT2D eigenvalue weighted by Crippen LogP contribution is 2.29. The smallest absolute Gasteiger partial charge is 0.271 e. The number of ether oxygens (including phenoxy) is 1. The van der Waals surface area contributed by atoms with Crippen molar-refractivity contribution in [3.63, 3.8) is 0 Å². The molecule has 0 aliphatic rings. The molecule has 150 valence electrons. The number of carbonyl (C=O) groups excluding carboxylic acids is 1. The first kappa shape index (κ1) is 21.5. The van der Waals surface area contributed by atoms with Crippen LogP contribution >= 0.6 is 11.6 Å². The molecule has 0 fully saturated rings. The van der Waals surface area contributed by atoms with Crippen molar-refractivity contribution < 1.29 is 22.9 Å². The van der Waals surface area contributed by atoms with Crippen LogP contribution in [0.15, 0.2) is 36.4 Å². The zero-order chi connectivity index (χ0) is 21.1. The summed E-state index contributed by atoms with van der Waals surface area (Å²) < 4.78 is 30.5. The topological polar surface area (TPSA) is 119 Å². The molecule has 0 heterocycles. The van der Waals surface area contributed by atoms with E-state index in [0.29, 0.717) is 16.3 Å². The summed E-state index contributed by atoms with van der Waals surface area (Å²) in [7, 11) is -2.44. The number of amides is 1. The van der Waals surface area contributed by atoms with Crippen LogP contribution in [0, 0.1) is 17.0 Å². The number of non-ortho nitro benzene ring substituents is 1. The molecule has 1 N–H and O–H groups in total. The molecule has 0 saturated carbocycles. The third-order valence-electron chi connectivity index (χ3n) is 3.78. The number of hydrogen-bond donors (Lipinski definition) is 1. The summed E-state index contributed by atoms with van der Waals surface area (Å²) in [6.07, 6.45) is 0.974. The average Bonchev–Trinajstić information content (AvgIpc) is 2.59. The minimum Gasteiger partial charge on any atom is -0.495 e. The van der Waals surface area contributed by atoms with Gasteiger partial charge in [0.05, 0.1) is 29.7 Å². The van der Waals surface area contributed by atoms with Gasteiger partial charge in [0, 0.05) is 17.2 Å². The number of methoxy groups -OCH3 is 1. The standard InChI is InChI=1S/C17H18ClN3O6S/c1-11-8-12(18)4-6-15(11)20(28(3,25)26)10-17(22)19-14-9-13(21(23)24)5-7-16(14)27-2/h4-9H,10H2,1-3H3,(H,19,22). The van der Waals surface area contributed by atoms with E-state index in [9.17, 15) is 23.3 Å². The average molecular weight is 428 g/mol. The molecule has 1 amide bonds. The molecular weight excluding hydrogens is 410 g/mol. The summed E-state index contributed by atoms with van der Waals surface area (Å²) in [6, 6.07) is 8.30. The van der Waals surface area contributed by atoms with Gasteiger partial charge in [-0.25, -0.2) is 8.42 Å². The fourth-order valence-electron chi connectivity index (χ4n) is 2.51. The number of halogens is 1. The summed E-state index contributed by atoms with van der Waals surface area (Å²) in [6.45, 7) is 1.13. The van der Waals surface area contributed by atoms with Crippen LogP contribution in [-0.4, -0.2) is 39.2 Å². The van der Waals surface area contributed by atoms with Crippen LogP contribution in [0.5, 0.6) is 5.75 Å². The van der Waals surface area contributed by atoms with Crippen molar-refractivity contribution in [2.75, 3.05) is 29.5 Å². The lowest BCUT2D eigenvalue weighted by molar-refractivity contribution is -0.384. The monoisotopic (exact) mass is 427 g/mol. The predicted molar refractivity (Wildman–Crippen MR) is 107 cm³/mol. The molecular formula is C17H18ClN3O6S. The van der Waals surface area contributed by atoms with E-state index in [1.807, 2.05) is 0 Å². The Kier molecular flexibility index (Phi) is 6.47.